The molecule has 0 saturated carbocycles. The van der Waals surface area contributed by atoms with Crippen LogP contribution in [0.25, 0.3) is 11.0 Å². The van der Waals surface area contributed by atoms with Gasteiger partial charge < -0.3 is 19.8 Å². The highest BCUT2D eigenvalue weighted by atomic mass is 19.1. The first-order chi connectivity index (χ1) is 15.4. The number of hydrogen-bond acceptors (Lipinski definition) is 4. The third-order valence-corrected chi connectivity index (χ3v) is 5.09. The standard InChI is InChI=1S/C25H21FN2O4/c1-15-21-13-20(31-2)10-11-22(21)32-23(15)25(30)27-14-16-4-3-5-19(12-16)28-24(29)17-6-8-18(26)9-7-17/h3-13H,14H2,1-2H3,(H,27,30)(H,28,29). The summed E-state index contributed by atoms with van der Waals surface area (Å²) in [6.45, 7) is 2.07. The summed E-state index contributed by atoms with van der Waals surface area (Å²) in [6, 6.07) is 17.8. The van der Waals surface area contributed by atoms with Crippen molar-refractivity contribution in [1.29, 1.82) is 0 Å². The summed E-state index contributed by atoms with van der Waals surface area (Å²) in [5.41, 5.74) is 3.06. The van der Waals surface area contributed by atoms with Crippen molar-refractivity contribution in [1.82, 2.24) is 5.32 Å². The monoisotopic (exact) mass is 432 g/mol. The Balaban J connectivity index is 1.43. The van der Waals surface area contributed by atoms with Crippen LogP contribution < -0.4 is 15.4 Å². The number of benzene rings is 3. The maximum atomic E-state index is 13.0. The van der Waals surface area contributed by atoms with Crippen molar-refractivity contribution in [3.8, 4) is 5.75 Å². The number of methoxy groups -OCH3 is 1. The zero-order valence-electron chi connectivity index (χ0n) is 17.6. The third-order valence-electron chi connectivity index (χ3n) is 5.09. The predicted octanol–water partition coefficient (Wildman–Crippen LogP) is 5.07. The van der Waals surface area contributed by atoms with E-state index in [0.29, 0.717) is 22.6 Å². The van der Waals surface area contributed by atoms with E-state index in [0.717, 1.165) is 16.5 Å². The van der Waals surface area contributed by atoms with Crippen molar-refractivity contribution < 1.29 is 23.1 Å². The Morgan fingerprint density at radius 2 is 1.78 bits per heavy atom. The van der Waals surface area contributed by atoms with Gasteiger partial charge in [-0.3, -0.25) is 9.59 Å². The van der Waals surface area contributed by atoms with E-state index in [2.05, 4.69) is 10.6 Å². The summed E-state index contributed by atoms with van der Waals surface area (Å²) in [6.07, 6.45) is 0. The number of halogens is 1. The van der Waals surface area contributed by atoms with Crippen molar-refractivity contribution in [2.45, 2.75) is 13.5 Å². The number of carbonyl (C=O) groups is 2. The fraction of sp³-hybridized carbons (Fsp3) is 0.120. The normalized spacial score (nSPS) is 10.7. The topological polar surface area (TPSA) is 80.6 Å². The van der Waals surface area contributed by atoms with Gasteiger partial charge in [0, 0.05) is 28.7 Å². The smallest absolute Gasteiger partial charge is 0.287 e. The SMILES string of the molecule is COc1ccc2oc(C(=O)NCc3cccc(NC(=O)c4ccc(F)cc4)c3)c(C)c2c1. The van der Waals surface area contributed by atoms with E-state index in [1.807, 2.05) is 19.1 Å². The molecule has 1 heterocycles. The summed E-state index contributed by atoms with van der Waals surface area (Å²) in [5, 5.41) is 6.44. The van der Waals surface area contributed by atoms with Gasteiger partial charge in [-0.05, 0) is 67.1 Å². The van der Waals surface area contributed by atoms with Gasteiger partial charge in [0.25, 0.3) is 11.8 Å². The Labute approximate surface area is 184 Å². The van der Waals surface area contributed by atoms with Gasteiger partial charge >= 0.3 is 0 Å². The molecule has 0 fully saturated rings. The Morgan fingerprint density at radius 1 is 1.00 bits per heavy atom. The lowest BCUT2D eigenvalue weighted by molar-refractivity contribution is 0.0923. The molecule has 3 aromatic carbocycles. The molecule has 0 unspecified atom stereocenters. The van der Waals surface area contributed by atoms with Crippen molar-refractivity contribution >= 4 is 28.5 Å². The van der Waals surface area contributed by atoms with Gasteiger partial charge in [0.05, 0.1) is 7.11 Å². The molecule has 0 radical (unpaired) electrons. The van der Waals surface area contributed by atoms with Gasteiger partial charge in [0.1, 0.15) is 17.1 Å². The minimum absolute atomic E-state index is 0.244. The van der Waals surface area contributed by atoms with Crippen LogP contribution in [-0.2, 0) is 6.54 Å². The first-order valence-electron chi connectivity index (χ1n) is 9.96. The molecule has 0 saturated heterocycles. The molecule has 32 heavy (non-hydrogen) atoms. The van der Waals surface area contributed by atoms with E-state index in [9.17, 15) is 14.0 Å². The van der Waals surface area contributed by atoms with Crippen molar-refractivity contribution in [2.24, 2.45) is 0 Å². The van der Waals surface area contributed by atoms with Gasteiger partial charge in [-0.25, -0.2) is 4.39 Å². The second kappa shape index (κ2) is 8.93. The van der Waals surface area contributed by atoms with E-state index >= 15 is 0 Å². The molecule has 4 rings (SSSR count). The lowest BCUT2D eigenvalue weighted by atomic mass is 10.1. The van der Waals surface area contributed by atoms with Crippen LogP contribution in [0.1, 0.15) is 32.0 Å². The average molecular weight is 432 g/mol. The number of anilines is 1. The quantitative estimate of drug-likeness (QED) is 0.446. The molecular formula is C25H21FN2O4. The number of carbonyl (C=O) groups excluding carboxylic acids is 2. The molecule has 0 atom stereocenters. The number of nitrogens with one attached hydrogen (secondary N) is 2. The van der Waals surface area contributed by atoms with Gasteiger partial charge in [-0.1, -0.05) is 12.1 Å². The highest BCUT2D eigenvalue weighted by molar-refractivity contribution is 6.04. The first kappa shape index (κ1) is 21.1. The Morgan fingerprint density at radius 3 is 2.53 bits per heavy atom. The van der Waals surface area contributed by atoms with Crippen LogP contribution in [0.2, 0.25) is 0 Å². The number of rotatable bonds is 6. The number of furan rings is 1. The molecule has 0 aliphatic rings. The van der Waals surface area contributed by atoms with Crippen LogP contribution in [0.3, 0.4) is 0 Å². The number of ether oxygens (including phenoxy) is 1. The third kappa shape index (κ3) is 4.46. The number of hydrogen-bond donors (Lipinski definition) is 2. The van der Waals surface area contributed by atoms with Crippen molar-refractivity contribution in [3.63, 3.8) is 0 Å². The molecular weight excluding hydrogens is 411 g/mol. The Bertz CT molecular complexity index is 1300. The van der Waals surface area contributed by atoms with Crippen molar-refractivity contribution in [3.05, 3.63) is 95.0 Å². The maximum absolute atomic E-state index is 13.0. The Hall–Kier alpha value is -4.13. The summed E-state index contributed by atoms with van der Waals surface area (Å²) in [5.74, 6) is -0.155. The molecule has 0 spiro atoms. The van der Waals surface area contributed by atoms with Gasteiger partial charge in [-0.2, -0.15) is 0 Å². The molecule has 2 N–H and O–H groups in total. The van der Waals surface area contributed by atoms with E-state index in [-0.39, 0.29) is 24.1 Å². The molecule has 0 aliphatic heterocycles. The molecule has 0 bridgehead atoms. The van der Waals surface area contributed by atoms with Gasteiger partial charge in [0.2, 0.25) is 0 Å². The van der Waals surface area contributed by atoms with Crippen molar-refractivity contribution in [2.75, 3.05) is 12.4 Å². The summed E-state index contributed by atoms with van der Waals surface area (Å²) in [7, 11) is 1.58. The summed E-state index contributed by atoms with van der Waals surface area (Å²) >= 11 is 0. The Kier molecular flexibility index (Phi) is 5.89. The molecule has 4 aromatic rings. The van der Waals surface area contributed by atoms with Crippen LogP contribution in [0.4, 0.5) is 10.1 Å². The van der Waals surface area contributed by atoms with Crippen LogP contribution in [0.15, 0.2) is 71.1 Å². The van der Waals surface area contributed by atoms with Crippen LogP contribution in [0.5, 0.6) is 5.75 Å². The number of aryl methyl sites for hydroxylation is 1. The fourth-order valence-electron chi connectivity index (χ4n) is 3.37. The van der Waals surface area contributed by atoms with Gasteiger partial charge in [-0.15, -0.1) is 0 Å². The van der Waals surface area contributed by atoms with E-state index in [1.54, 1.807) is 37.4 Å². The highest BCUT2D eigenvalue weighted by Crippen LogP contribution is 2.28. The van der Waals surface area contributed by atoms with Crippen LogP contribution >= 0.6 is 0 Å². The number of amides is 2. The molecule has 1 aromatic heterocycles. The largest absolute Gasteiger partial charge is 0.497 e. The van der Waals surface area contributed by atoms with Crippen LogP contribution in [0, 0.1) is 12.7 Å². The predicted molar refractivity (Wildman–Crippen MR) is 119 cm³/mol. The molecule has 2 amide bonds. The molecule has 6 nitrogen and oxygen atoms in total. The second-order valence-corrected chi connectivity index (χ2v) is 7.26. The lowest BCUT2D eigenvalue weighted by Crippen LogP contribution is -2.23. The lowest BCUT2D eigenvalue weighted by Gasteiger charge is -2.09. The molecule has 162 valence electrons. The minimum Gasteiger partial charge on any atom is -0.497 e. The summed E-state index contributed by atoms with van der Waals surface area (Å²) < 4.78 is 24.0. The second-order valence-electron chi connectivity index (χ2n) is 7.26. The zero-order chi connectivity index (χ0) is 22.7. The summed E-state index contributed by atoms with van der Waals surface area (Å²) in [4.78, 5) is 25.0. The minimum atomic E-state index is -0.405. The highest BCUT2D eigenvalue weighted by Gasteiger charge is 2.18. The van der Waals surface area contributed by atoms with E-state index in [1.165, 1.54) is 24.3 Å². The maximum Gasteiger partial charge on any atom is 0.287 e. The first-order valence-corrected chi connectivity index (χ1v) is 9.96. The van der Waals surface area contributed by atoms with Gasteiger partial charge in [0.15, 0.2) is 5.76 Å². The van der Waals surface area contributed by atoms with E-state index < -0.39 is 5.82 Å². The molecule has 7 heteroatoms. The zero-order valence-corrected chi connectivity index (χ0v) is 17.6. The number of fused-ring (bicyclic) bond motifs is 1. The van der Waals surface area contributed by atoms with Crippen LogP contribution in [-0.4, -0.2) is 18.9 Å². The van der Waals surface area contributed by atoms with E-state index in [4.69, 9.17) is 9.15 Å². The average Bonchev–Trinajstić information content (AvgIpc) is 3.14. The fourth-order valence-corrected chi connectivity index (χ4v) is 3.37. The molecule has 0 aliphatic carbocycles.